The molecule has 1 heterocycles. The van der Waals surface area contributed by atoms with Gasteiger partial charge in [-0.25, -0.2) is 16.8 Å². The first-order valence-electron chi connectivity index (χ1n) is 8.97. The average molecular weight is 422 g/mol. The summed E-state index contributed by atoms with van der Waals surface area (Å²) >= 11 is 0. The van der Waals surface area contributed by atoms with Gasteiger partial charge in [0.15, 0.2) is 10.8 Å². The Morgan fingerprint density at radius 1 is 1.04 bits per heavy atom. The van der Waals surface area contributed by atoms with Crippen LogP contribution in [0.15, 0.2) is 63.4 Å². The third kappa shape index (κ3) is 3.31. The summed E-state index contributed by atoms with van der Waals surface area (Å²) in [6.07, 6.45) is 1.22. The number of methoxy groups -OCH3 is 1. The van der Waals surface area contributed by atoms with Gasteiger partial charge in [0, 0.05) is 12.1 Å². The summed E-state index contributed by atoms with van der Waals surface area (Å²) in [6, 6.07) is 12.8. The van der Waals surface area contributed by atoms with Gasteiger partial charge in [-0.05, 0) is 37.6 Å². The first kappa shape index (κ1) is 20.4. The molecule has 0 bridgehead atoms. The molecule has 0 saturated heterocycles. The lowest BCUT2D eigenvalue weighted by atomic mass is 10.2. The minimum atomic E-state index is -4.09. The number of sulfone groups is 1. The molecule has 6 nitrogen and oxygen atoms in total. The van der Waals surface area contributed by atoms with E-state index in [2.05, 4.69) is 0 Å². The molecule has 0 N–H and O–H groups in total. The van der Waals surface area contributed by atoms with Crippen molar-refractivity contribution in [3.05, 3.63) is 64.7 Å². The van der Waals surface area contributed by atoms with Crippen LogP contribution in [0.25, 0.3) is 5.76 Å². The number of unbranched alkanes of at least 4 members (excludes halogenated alkanes) is 1. The first-order chi connectivity index (χ1) is 13.2. The molecule has 28 heavy (non-hydrogen) atoms. The second-order valence-corrected chi connectivity index (χ2v) is 10.3. The standard InChI is InChI=1S/C20H23NO5S2/c1-4-5-14-21(28(24,25)16-12-10-15(2)11-13-16)20-19(26-3)17-8-6-7-9-18(17)27(20,22)23/h6-13H,4-5,14H2,1-3H3. The first-order valence-corrected chi connectivity index (χ1v) is 11.9. The molecule has 150 valence electrons. The lowest BCUT2D eigenvalue weighted by Gasteiger charge is -2.25. The number of sulfonamides is 1. The van der Waals surface area contributed by atoms with Crippen LogP contribution in [0.2, 0.25) is 0 Å². The Hall–Kier alpha value is -2.32. The maximum absolute atomic E-state index is 13.4. The molecule has 0 radical (unpaired) electrons. The number of fused-ring (bicyclic) bond motifs is 1. The smallest absolute Gasteiger partial charge is 0.264 e. The molecule has 0 aromatic heterocycles. The zero-order valence-corrected chi connectivity index (χ0v) is 17.7. The zero-order chi connectivity index (χ0) is 20.5. The van der Waals surface area contributed by atoms with Gasteiger partial charge in [-0.15, -0.1) is 0 Å². The summed E-state index contributed by atoms with van der Waals surface area (Å²) < 4.78 is 59.7. The maximum Gasteiger partial charge on any atom is 0.264 e. The number of hydrogen-bond donors (Lipinski definition) is 0. The molecule has 0 fully saturated rings. The number of hydrogen-bond acceptors (Lipinski definition) is 5. The van der Waals surface area contributed by atoms with Gasteiger partial charge in [-0.3, -0.25) is 4.31 Å². The Bertz CT molecular complexity index is 1120. The molecule has 0 saturated carbocycles. The van der Waals surface area contributed by atoms with E-state index in [1.165, 1.54) is 25.3 Å². The van der Waals surface area contributed by atoms with Crippen LogP contribution in [-0.2, 0) is 24.6 Å². The van der Waals surface area contributed by atoms with Crippen molar-refractivity contribution >= 4 is 25.6 Å². The van der Waals surface area contributed by atoms with Crippen molar-refractivity contribution < 1.29 is 21.6 Å². The molecule has 3 rings (SSSR count). The van der Waals surface area contributed by atoms with Crippen LogP contribution in [0, 0.1) is 6.92 Å². The van der Waals surface area contributed by atoms with Crippen LogP contribution >= 0.6 is 0 Å². The van der Waals surface area contributed by atoms with E-state index in [4.69, 9.17) is 4.74 Å². The summed E-state index contributed by atoms with van der Waals surface area (Å²) in [6.45, 7) is 3.82. The van der Waals surface area contributed by atoms with Crippen LogP contribution in [0.5, 0.6) is 0 Å². The highest BCUT2D eigenvalue weighted by atomic mass is 32.2. The lowest BCUT2D eigenvalue weighted by Crippen LogP contribution is -2.34. The van der Waals surface area contributed by atoms with Gasteiger partial charge in [0.05, 0.1) is 16.9 Å². The molecule has 0 unspecified atom stereocenters. The molecule has 1 aliphatic rings. The van der Waals surface area contributed by atoms with E-state index in [1.54, 1.807) is 30.3 Å². The normalized spacial score (nSPS) is 15.4. The van der Waals surface area contributed by atoms with Crippen molar-refractivity contribution in [2.45, 2.75) is 36.5 Å². The van der Waals surface area contributed by atoms with Crippen molar-refractivity contribution in [2.75, 3.05) is 13.7 Å². The van der Waals surface area contributed by atoms with Crippen molar-refractivity contribution in [2.24, 2.45) is 0 Å². The molecule has 1 aliphatic heterocycles. The van der Waals surface area contributed by atoms with E-state index in [-0.39, 0.29) is 27.1 Å². The third-order valence-corrected chi connectivity index (χ3v) is 8.40. The second-order valence-electron chi connectivity index (χ2n) is 6.58. The van der Waals surface area contributed by atoms with Crippen molar-refractivity contribution in [1.29, 1.82) is 0 Å². The third-order valence-electron chi connectivity index (χ3n) is 4.62. The molecule has 8 heteroatoms. The highest BCUT2D eigenvalue weighted by Crippen LogP contribution is 2.42. The van der Waals surface area contributed by atoms with E-state index < -0.39 is 19.9 Å². The molecule has 0 aliphatic carbocycles. The minimum Gasteiger partial charge on any atom is -0.493 e. The molecule has 2 aromatic rings. The van der Waals surface area contributed by atoms with Gasteiger partial charge in [-0.1, -0.05) is 43.2 Å². The SMILES string of the molecule is CCCCN(C1=C(OC)c2ccccc2S1(=O)=O)S(=O)(=O)c1ccc(C)cc1. The number of benzene rings is 2. The minimum absolute atomic E-state index is 0.0438. The van der Waals surface area contributed by atoms with Gasteiger partial charge < -0.3 is 4.74 Å². The summed E-state index contributed by atoms with van der Waals surface area (Å²) in [5, 5.41) is -0.315. The van der Waals surface area contributed by atoms with Crippen LogP contribution in [0.4, 0.5) is 0 Å². The Morgan fingerprint density at radius 3 is 2.29 bits per heavy atom. The number of rotatable bonds is 7. The fraction of sp³-hybridized carbons (Fsp3) is 0.300. The maximum atomic E-state index is 13.4. The molecule has 0 spiro atoms. The van der Waals surface area contributed by atoms with E-state index in [0.29, 0.717) is 18.4 Å². The second kappa shape index (κ2) is 7.60. The Morgan fingerprint density at radius 2 is 1.68 bits per heavy atom. The fourth-order valence-corrected chi connectivity index (χ4v) is 6.85. The summed E-state index contributed by atoms with van der Waals surface area (Å²) in [7, 11) is -6.77. The molecule has 0 amide bonds. The van der Waals surface area contributed by atoms with Gasteiger partial charge in [0.1, 0.15) is 0 Å². The quantitative estimate of drug-likeness (QED) is 0.683. The van der Waals surface area contributed by atoms with Crippen LogP contribution in [0.3, 0.4) is 0 Å². The molecule has 0 atom stereocenters. The van der Waals surface area contributed by atoms with Gasteiger partial charge in [-0.2, -0.15) is 0 Å². The van der Waals surface area contributed by atoms with Crippen molar-refractivity contribution in [1.82, 2.24) is 4.31 Å². The van der Waals surface area contributed by atoms with Gasteiger partial charge >= 0.3 is 0 Å². The topological polar surface area (TPSA) is 80.8 Å². The number of aryl methyl sites for hydroxylation is 1. The van der Waals surface area contributed by atoms with Crippen molar-refractivity contribution in [3.63, 3.8) is 0 Å². The monoisotopic (exact) mass is 421 g/mol. The van der Waals surface area contributed by atoms with Crippen LogP contribution < -0.4 is 0 Å². The fourth-order valence-electron chi connectivity index (χ4n) is 3.14. The molecular formula is C20H23NO5S2. The summed E-state index contributed by atoms with van der Waals surface area (Å²) in [5.41, 5.74) is 1.29. The highest BCUT2D eigenvalue weighted by molar-refractivity contribution is 7.97. The van der Waals surface area contributed by atoms with Crippen LogP contribution in [0.1, 0.15) is 30.9 Å². The Labute approximate surface area is 166 Å². The Balaban J connectivity index is 2.24. The number of nitrogens with zero attached hydrogens (tertiary/aromatic N) is 1. The van der Waals surface area contributed by atoms with E-state index >= 15 is 0 Å². The summed E-state index contributed by atoms with van der Waals surface area (Å²) in [5.74, 6) is 0.0578. The lowest BCUT2D eigenvalue weighted by molar-refractivity contribution is 0.359. The predicted octanol–water partition coefficient (Wildman–Crippen LogP) is 3.55. The van der Waals surface area contributed by atoms with Crippen molar-refractivity contribution in [3.8, 4) is 0 Å². The summed E-state index contributed by atoms with van der Waals surface area (Å²) in [4.78, 5) is 0.103. The van der Waals surface area contributed by atoms with E-state index in [0.717, 1.165) is 9.87 Å². The van der Waals surface area contributed by atoms with E-state index in [1.807, 2.05) is 13.8 Å². The predicted molar refractivity (Wildman–Crippen MR) is 108 cm³/mol. The molecule has 2 aromatic carbocycles. The largest absolute Gasteiger partial charge is 0.493 e. The molecular weight excluding hydrogens is 398 g/mol. The average Bonchev–Trinajstić information content (AvgIpc) is 2.89. The highest BCUT2D eigenvalue weighted by Gasteiger charge is 2.44. The van der Waals surface area contributed by atoms with Gasteiger partial charge in [0.25, 0.3) is 10.0 Å². The Kier molecular flexibility index (Phi) is 5.54. The van der Waals surface area contributed by atoms with Gasteiger partial charge in [0.2, 0.25) is 9.84 Å². The zero-order valence-electron chi connectivity index (χ0n) is 16.0. The van der Waals surface area contributed by atoms with Crippen LogP contribution in [-0.4, -0.2) is 34.8 Å². The number of ether oxygens (including phenoxy) is 1. The van der Waals surface area contributed by atoms with E-state index in [9.17, 15) is 16.8 Å².